The Bertz CT molecular complexity index is 1940. The van der Waals surface area contributed by atoms with Gasteiger partial charge in [-0.3, -0.25) is 14.2 Å². The lowest BCUT2D eigenvalue weighted by atomic mass is 9.95. The number of H-pyrrole nitrogens is 1. The van der Waals surface area contributed by atoms with E-state index in [0.29, 0.717) is 37.1 Å². The summed E-state index contributed by atoms with van der Waals surface area (Å²) in [6.07, 6.45) is 2.48. The third-order valence-electron chi connectivity index (χ3n) is 8.20. The van der Waals surface area contributed by atoms with Gasteiger partial charge in [-0.05, 0) is 77.6 Å². The molecule has 2 unspecified atom stereocenters. The van der Waals surface area contributed by atoms with Crippen molar-refractivity contribution in [3.63, 3.8) is 0 Å². The minimum atomic E-state index is -0.884. The lowest BCUT2D eigenvalue weighted by Crippen LogP contribution is -2.34. The predicted molar refractivity (Wildman–Crippen MR) is 213 cm³/mol. The first kappa shape index (κ1) is 45.8. The SMILES string of the molecule is CC(C)(C)OC(=O)NCCOCCC(C(=O)O)c1c[nH]c2ccccc12.COC(=O)C(CCOCCNC(=O)OC(C)(C)C)c1cn(C(=O)OC)c2ccccc12. The Balaban J connectivity index is 0.000000310. The summed E-state index contributed by atoms with van der Waals surface area (Å²) in [7, 11) is 2.62. The second-order valence-electron chi connectivity index (χ2n) is 14.9. The largest absolute Gasteiger partial charge is 0.481 e. The Morgan fingerprint density at radius 1 is 0.702 bits per heavy atom. The van der Waals surface area contributed by atoms with E-state index in [-0.39, 0.29) is 26.4 Å². The molecule has 16 heteroatoms. The maximum Gasteiger partial charge on any atom is 0.418 e. The molecule has 2 heterocycles. The van der Waals surface area contributed by atoms with Crippen LogP contribution in [0.5, 0.6) is 0 Å². The van der Waals surface area contributed by atoms with Crippen LogP contribution in [0.1, 0.15) is 77.3 Å². The molecule has 0 bridgehead atoms. The fourth-order valence-electron chi connectivity index (χ4n) is 5.76. The number of carboxylic acid groups (broad SMARTS) is 1. The molecule has 0 aliphatic carbocycles. The quantitative estimate of drug-likeness (QED) is 0.0531. The van der Waals surface area contributed by atoms with E-state index in [4.69, 9.17) is 28.4 Å². The Labute approximate surface area is 332 Å². The molecule has 0 saturated heterocycles. The summed E-state index contributed by atoms with van der Waals surface area (Å²) in [4.78, 5) is 62.5. The highest BCUT2D eigenvalue weighted by Crippen LogP contribution is 2.31. The van der Waals surface area contributed by atoms with Crippen molar-refractivity contribution in [2.75, 3.05) is 53.7 Å². The minimum absolute atomic E-state index is 0.257. The number of nitrogens with one attached hydrogen (secondary N) is 3. The number of ether oxygens (including phenoxy) is 6. The van der Waals surface area contributed by atoms with Gasteiger partial charge >= 0.3 is 30.2 Å². The normalized spacial score (nSPS) is 12.5. The first-order valence-corrected chi connectivity index (χ1v) is 18.6. The van der Waals surface area contributed by atoms with Crippen molar-refractivity contribution in [3.05, 3.63) is 72.1 Å². The van der Waals surface area contributed by atoms with Crippen molar-refractivity contribution in [2.24, 2.45) is 0 Å². The fraction of sp³-hybridized carbons (Fsp3) is 0.488. The molecule has 0 radical (unpaired) electrons. The third-order valence-corrected chi connectivity index (χ3v) is 8.20. The van der Waals surface area contributed by atoms with Gasteiger partial charge in [-0.15, -0.1) is 0 Å². The topological polar surface area (TPSA) is 206 Å². The summed E-state index contributed by atoms with van der Waals surface area (Å²) in [5.41, 5.74) is 1.85. The van der Waals surface area contributed by atoms with Crippen LogP contribution in [0.15, 0.2) is 60.9 Å². The molecule has 2 atom stereocenters. The first-order chi connectivity index (χ1) is 27.0. The zero-order valence-corrected chi connectivity index (χ0v) is 34.0. The van der Waals surface area contributed by atoms with Crippen molar-refractivity contribution >= 4 is 52.0 Å². The molecule has 4 rings (SSSR count). The molecular formula is C41H56N4O12. The summed E-state index contributed by atoms with van der Waals surface area (Å²) >= 11 is 0. The van der Waals surface area contributed by atoms with E-state index in [0.717, 1.165) is 21.9 Å². The van der Waals surface area contributed by atoms with Crippen LogP contribution in [0.2, 0.25) is 0 Å². The first-order valence-electron chi connectivity index (χ1n) is 18.6. The van der Waals surface area contributed by atoms with Gasteiger partial charge in [0.25, 0.3) is 0 Å². The highest BCUT2D eigenvalue weighted by Gasteiger charge is 2.27. The second-order valence-corrected chi connectivity index (χ2v) is 14.9. The van der Waals surface area contributed by atoms with Crippen molar-refractivity contribution in [1.82, 2.24) is 20.2 Å². The molecule has 0 spiro atoms. The number of aliphatic carboxylic acids is 1. The van der Waals surface area contributed by atoms with Gasteiger partial charge in [0.15, 0.2) is 0 Å². The van der Waals surface area contributed by atoms with E-state index in [2.05, 4.69) is 15.6 Å². The lowest BCUT2D eigenvalue weighted by molar-refractivity contribution is -0.143. The highest BCUT2D eigenvalue weighted by molar-refractivity contribution is 5.95. The zero-order chi connectivity index (χ0) is 42.2. The molecule has 2 amide bonds. The van der Waals surface area contributed by atoms with Gasteiger partial charge in [-0.1, -0.05) is 36.4 Å². The van der Waals surface area contributed by atoms with E-state index < -0.39 is 53.3 Å². The third kappa shape index (κ3) is 14.8. The number of nitrogens with zero attached hydrogens (tertiary/aromatic N) is 1. The fourth-order valence-corrected chi connectivity index (χ4v) is 5.76. The number of carboxylic acids is 1. The Morgan fingerprint density at radius 2 is 1.23 bits per heavy atom. The number of methoxy groups -OCH3 is 2. The van der Waals surface area contributed by atoms with Crippen LogP contribution in [0.3, 0.4) is 0 Å². The van der Waals surface area contributed by atoms with Crippen LogP contribution in [-0.4, -0.2) is 110 Å². The Hall–Kier alpha value is -5.61. The van der Waals surface area contributed by atoms with E-state index in [1.54, 1.807) is 66.1 Å². The minimum Gasteiger partial charge on any atom is -0.481 e. The number of carbonyl (C=O) groups excluding carboxylic acids is 4. The summed E-state index contributed by atoms with van der Waals surface area (Å²) in [6, 6.07) is 14.9. The van der Waals surface area contributed by atoms with Crippen LogP contribution < -0.4 is 10.6 Å². The van der Waals surface area contributed by atoms with Crippen LogP contribution in [-0.2, 0) is 38.0 Å². The molecule has 2 aromatic carbocycles. The number of rotatable bonds is 16. The van der Waals surface area contributed by atoms with Crippen molar-refractivity contribution in [1.29, 1.82) is 0 Å². The standard InChI is InChI=1S/C22H30N2O7.C19H26N2O5/c1-22(2,3)31-20(26)23-11-13-30-12-10-16(19(25)28-4)17-14-24(21(27)29-5)18-9-7-6-8-15(17)18;1-19(2,3)26-18(24)20-9-11-25-10-8-14(17(22)23)15-12-21-16-7-5-4-6-13(15)16/h6-9,14,16H,10-13H2,1-5H3,(H,23,26);4-7,12,14,21H,8-11H2,1-3H3,(H,20,24)(H,22,23). The maximum absolute atomic E-state index is 12.5. The smallest absolute Gasteiger partial charge is 0.418 e. The number of carbonyl (C=O) groups is 5. The van der Waals surface area contributed by atoms with E-state index in [9.17, 15) is 29.1 Å². The zero-order valence-electron chi connectivity index (χ0n) is 34.0. The average Bonchev–Trinajstić information content (AvgIpc) is 3.74. The number of amides is 2. The predicted octanol–water partition coefficient (Wildman–Crippen LogP) is 6.71. The summed E-state index contributed by atoms with van der Waals surface area (Å²) in [6.45, 7) is 12.4. The number of para-hydroxylation sites is 2. The number of hydrogen-bond donors (Lipinski definition) is 4. The molecule has 4 N–H and O–H groups in total. The number of hydrogen-bond acceptors (Lipinski definition) is 11. The number of aromatic amines is 1. The van der Waals surface area contributed by atoms with E-state index >= 15 is 0 Å². The van der Waals surface area contributed by atoms with Gasteiger partial charge in [-0.2, -0.15) is 0 Å². The molecule has 2 aromatic heterocycles. The number of alkyl carbamates (subject to hydrolysis) is 2. The van der Waals surface area contributed by atoms with Crippen molar-refractivity contribution in [2.45, 2.75) is 77.4 Å². The monoisotopic (exact) mass is 796 g/mol. The van der Waals surface area contributed by atoms with Crippen LogP contribution in [0.4, 0.5) is 14.4 Å². The van der Waals surface area contributed by atoms with E-state index in [1.165, 1.54) is 18.8 Å². The molecule has 0 saturated carbocycles. The second kappa shape index (κ2) is 21.6. The molecule has 0 aliphatic rings. The number of benzene rings is 2. The van der Waals surface area contributed by atoms with Gasteiger partial charge in [0.05, 0.1) is 44.8 Å². The lowest BCUT2D eigenvalue weighted by Gasteiger charge is -2.19. The van der Waals surface area contributed by atoms with Gasteiger partial charge in [0.1, 0.15) is 11.2 Å². The van der Waals surface area contributed by atoms with Gasteiger partial charge < -0.3 is 49.1 Å². The van der Waals surface area contributed by atoms with E-state index in [1.807, 2.05) is 36.4 Å². The van der Waals surface area contributed by atoms with Crippen LogP contribution in [0.25, 0.3) is 21.8 Å². The highest BCUT2D eigenvalue weighted by atomic mass is 16.6. The van der Waals surface area contributed by atoms with Crippen molar-refractivity contribution < 1.29 is 57.5 Å². The van der Waals surface area contributed by atoms with Gasteiger partial charge in [0, 0.05) is 55.0 Å². The molecule has 312 valence electrons. The molecular weight excluding hydrogens is 740 g/mol. The van der Waals surface area contributed by atoms with Crippen LogP contribution in [0, 0.1) is 0 Å². The Morgan fingerprint density at radius 3 is 1.75 bits per heavy atom. The molecule has 4 aromatic rings. The number of esters is 1. The summed E-state index contributed by atoms with van der Waals surface area (Å²) in [5, 5.41) is 16.4. The Kier molecular flexibility index (Phi) is 17.4. The van der Waals surface area contributed by atoms with Gasteiger partial charge in [-0.25, -0.2) is 14.4 Å². The average molecular weight is 797 g/mol. The van der Waals surface area contributed by atoms with Crippen LogP contribution >= 0.6 is 0 Å². The maximum atomic E-state index is 12.5. The molecule has 0 aliphatic heterocycles. The van der Waals surface area contributed by atoms with Crippen molar-refractivity contribution in [3.8, 4) is 0 Å². The van der Waals surface area contributed by atoms with Gasteiger partial charge in [0.2, 0.25) is 0 Å². The molecule has 16 nitrogen and oxygen atoms in total. The summed E-state index contributed by atoms with van der Waals surface area (Å²) < 4.78 is 32.5. The number of aromatic nitrogens is 2. The molecule has 0 fully saturated rings. The number of fused-ring (bicyclic) bond motifs is 2. The summed E-state index contributed by atoms with van der Waals surface area (Å²) in [5.74, 6) is -2.59. The molecule has 57 heavy (non-hydrogen) atoms.